The van der Waals surface area contributed by atoms with Gasteiger partial charge < -0.3 is 19.0 Å². The van der Waals surface area contributed by atoms with Gasteiger partial charge in [0, 0.05) is 18.4 Å². The van der Waals surface area contributed by atoms with Crippen molar-refractivity contribution in [3.8, 4) is 17.2 Å². The van der Waals surface area contributed by atoms with E-state index in [1.165, 1.54) is 0 Å². The van der Waals surface area contributed by atoms with Gasteiger partial charge in [0.05, 0.1) is 18.9 Å². The molecule has 1 N–H and O–H groups in total. The maximum absolute atomic E-state index is 12.0. The molecule has 0 aliphatic carbocycles. The smallest absolute Gasteiger partial charge is 0.306 e. The number of rotatable bonds is 9. The minimum Gasteiger partial charge on any atom is -0.493 e. The average molecular weight is 438 g/mol. The van der Waals surface area contributed by atoms with Crippen LogP contribution in [0.1, 0.15) is 49.8 Å². The number of aryl methyl sites for hydroxylation is 2. The monoisotopic (exact) mass is 437 g/mol. The third kappa shape index (κ3) is 6.69. The number of nitrogens with zero attached hydrogens (tertiary/aromatic N) is 1. The van der Waals surface area contributed by atoms with Crippen LogP contribution in [0, 0.1) is 6.92 Å². The maximum atomic E-state index is 12.0. The lowest BCUT2D eigenvalue weighted by Gasteiger charge is -2.19. The fraction of sp³-hybridized carbons (Fsp3) is 0.385. The molecule has 0 amide bonds. The molecule has 0 atom stereocenters. The molecule has 0 unspecified atom stereocenters. The summed E-state index contributed by atoms with van der Waals surface area (Å²) in [6.45, 7) is 7.75. The molecule has 0 saturated carbocycles. The number of carbonyl (C=O) groups is 1. The molecule has 3 rings (SSSR count). The summed E-state index contributed by atoms with van der Waals surface area (Å²) in [6.07, 6.45) is 1.38. The zero-order valence-electron chi connectivity index (χ0n) is 19.2. The van der Waals surface area contributed by atoms with Crippen LogP contribution in [0.3, 0.4) is 0 Å². The first kappa shape index (κ1) is 23.5. The van der Waals surface area contributed by atoms with E-state index in [2.05, 4.69) is 4.98 Å². The van der Waals surface area contributed by atoms with Crippen LogP contribution in [-0.4, -0.2) is 28.3 Å². The predicted octanol–water partition coefficient (Wildman–Crippen LogP) is 5.04. The van der Waals surface area contributed by atoms with Gasteiger partial charge in [0.2, 0.25) is 5.89 Å². The first-order chi connectivity index (χ1) is 15.2. The number of aliphatic hydroxyl groups excluding tert-OH is 1. The number of hydrogen-bond acceptors (Lipinski definition) is 6. The Morgan fingerprint density at radius 3 is 2.50 bits per heavy atom. The molecule has 1 aromatic heterocycles. The minimum atomic E-state index is -0.501. The normalized spacial score (nSPS) is 11.4. The molecule has 0 fully saturated rings. The number of ether oxygens (including phenoxy) is 2. The summed E-state index contributed by atoms with van der Waals surface area (Å²) in [5.74, 6) is 1.80. The predicted molar refractivity (Wildman–Crippen MR) is 122 cm³/mol. The van der Waals surface area contributed by atoms with Gasteiger partial charge in [-0.15, -0.1) is 0 Å². The molecule has 6 nitrogen and oxygen atoms in total. The van der Waals surface area contributed by atoms with Crippen molar-refractivity contribution in [1.82, 2.24) is 4.98 Å². The Kier molecular flexibility index (Phi) is 7.70. The third-order valence-corrected chi connectivity index (χ3v) is 4.89. The van der Waals surface area contributed by atoms with Crippen LogP contribution < -0.4 is 4.74 Å². The Balaban J connectivity index is 1.56. The largest absolute Gasteiger partial charge is 0.493 e. The number of oxazole rings is 1. The van der Waals surface area contributed by atoms with Gasteiger partial charge in [-0.2, -0.15) is 0 Å². The first-order valence-corrected chi connectivity index (χ1v) is 10.8. The van der Waals surface area contributed by atoms with Crippen LogP contribution in [0.2, 0.25) is 0 Å². The molecule has 0 radical (unpaired) electrons. The fourth-order valence-electron chi connectivity index (χ4n) is 3.34. The zero-order chi connectivity index (χ0) is 23.1. The summed E-state index contributed by atoms with van der Waals surface area (Å²) in [5, 5.41) is 9.75. The fourth-order valence-corrected chi connectivity index (χ4v) is 3.34. The summed E-state index contributed by atoms with van der Waals surface area (Å²) in [7, 11) is 0. The highest BCUT2D eigenvalue weighted by molar-refractivity contribution is 5.70. The number of carbonyl (C=O) groups excluding carboxylic acids is 1. The van der Waals surface area contributed by atoms with E-state index in [1.807, 2.05) is 76.2 Å². The number of esters is 1. The molecule has 0 spiro atoms. The average Bonchev–Trinajstić information content (AvgIpc) is 3.12. The van der Waals surface area contributed by atoms with E-state index >= 15 is 0 Å². The Bertz CT molecular complexity index is 1030. The summed E-state index contributed by atoms with van der Waals surface area (Å²) in [5.41, 5.74) is 2.96. The summed E-state index contributed by atoms with van der Waals surface area (Å²) >= 11 is 0. The molecule has 170 valence electrons. The third-order valence-electron chi connectivity index (χ3n) is 4.89. The van der Waals surface area contributed by atoms with Crippen molar-refractivity contribution >= 4 is 5.97 Å². The second-order valence-corrected chi connectivity index (χ2v) is 8.66. The van der Waals surface area contributed by atoms with E-state index in [0.29, 0.717) is 31.1 Å². The van der Waals surface area contributed by atoms with E-state index in [9.17, 15) is 9.90 Å². The lowest BCUT2D eigenvalue weighted by Crippen LogP contribution is -2.24. The summed E-state index contributed by atoms with van der Waals surface area (Å²) in [4.78, 5) is 16.6. The Labute approximate surface area is 189 Å². The van der Waals surface area contributed by atoms with Gasteiger partial charge >= 0.3 is 5.97 Å². The van der Waals surface area contributed by atoms with Crippen LogP contribution in [0.5, 0.6) is 5.75 Å². The van der Waals surface area contributed by atoms with Crippen LogP contribution in [0.15, 0.2) is 52.9 Å². The molecule has 0 bridgehead atoms. The Morgan fingerprint density at radius 2 is 1.81 bits per heavy atom. The topological polar surface area (TPSA) is 81.8 Å². The zero-order valence-corrected chi connectivity index (χ0v) is 19.2. The highest BCUT2D eigenvalue weighted by Crippen LogP contribution is 2.23. The van der Waals surface area contributed by atoms with Crippen molar-refractivity contribution in [1.29, 1.82) is 0 Å². The Hall–Kier alpha value is -3.12. The number of hydrogen-bond donors (Lipinski definition) is 1. The second kappa shape index (κ2) is 10.5. The standard InChI is InChI=1S/C26H31NO5/c1-18-23(27-25(31-18)20-8-6-5-7-9-20)14-15-30-22-12-10-19(21(16-22)17-28)11-13-24(29)32-26(2,3)4/h5-10,12,16,28H,11,13-15,17H2,1-4H3. The lowest BCUT2D eigenvalue weighted by molar-refractivity contribution is -0.154. The van der Waals surface area contributed by atoms with E-state index < -0.39 is 5.60 Å². The quantitative estimate of drug-likeness (QED) is 0.473. The minimum absolute atomic E-state index is 0.121. The Morgan fingerprint density at radius 1 is 1.06 bits per heavy atom. The van der Waals surface area contributed by atoms with Gasteiger partial charge in [0.1, 0.15) is 17.1 Å². The van der Waals surface area contributed by atoms with Crippen molar-refractivity contribution in [3.63, 3.8) is 0 Å². The van der Waals surface area contributed by atoms with Crippen molar-refractivity contribution in [2.24, 2.45) is 0 Å². The highest BCUT2D eigenvalue weighted by atomic mass is 16.6. The van der Waals surface area contributed by atoms with Crippen LogP contribution in [0.4, 0.5) is 0 Å². The van der Waals surface area contributed by atoms with Crippen LogP contribution >= 0.6 is 0 Å². The van der Waals surface area contributed by atoms with Crippen LogP contribution in [0.25, 0.3) is 11.5 Å². The molecular formula is C26H31NO5. The van der Waals surface area contributed by atoms with Crippen LogP contribution in [-0.2, 0) is 29.0 Å². The second-order valence-electron chi connectivity index (χ2n) is 8.66. The number of benzene rings is 2. The number of aromatic nitrogens is 1. The SMILES string of the molecule is Cc1oc(-c2ccccc2)nc1CCOc1ccc(CCC(=O)OC(C)(C)C)c(CO)c1. The van der Waals surface area contributed by atoms with Gasteiger partial charge in [-0.25, -0.2) is 4.98 Å². The van der Waals surface area contributed by atoms with Crippen molar-refractivity contribution < 1.29 is 23.8 Å². The summed E-state index contributed by atoms with van der Waals surface area (Å²) in [6, 6.07) is 15.3. The molecule has 3 aromatic rings. The summed E-state index contributed by atoms with van der Waals surface area (Å²) < 4.78 is 17.0. The molecule has 0 saturated heterocycles. The van der Waals surface area contributed by atoms with E-state index in [-0.39, 0.29) is 19.0 Å². The van der Waals surface area contributed by atoms with Gasteiger partial charge in [-0.1, -0.05) is 24.3 Å². The van der Waals surface area contributed by atoms with E-state index in [4.69, 9.17) is 13.9 Å². The first-order valence-electron chi connectivity index (χ1n) is 10.8. The molecule has 0 aliphatic heterocycles. The molecule has 2 aromatic carbocycles. The van der Waals surface area contributed by atoms with Crippen molar-refractivity contribution in [2.45, 2.75) is 59.2 Å². The highest BCUT2D eigenvalue weighted by Gasteiger charge is 2.17. The van der Waals surface area contributed by atoms with E-state index in [0.717, 1.165) is 28.1 Å². The van der Waals surface area contributed by atoms with Gasteiger partial charge in [0.15, 0.2) is 0 Å². The van der Waals surface area contributed by atoms with E-state index in [1.54, 1.807) is 0 Å². The molecule has 6 heteroatoms. The van der Waals surface area contributed by atoms with Crippen molar-refractivity contribution in [2.75, 3.05) is 6.61 Å². The molecular weight excluding hydrogens is 406 g/mol. The van der Waals surface area contributed by atoms with Crippen molar-refractivity contribution in [3.05, 3.63) is 71.1 Å². The van der Waals surface area contributed by atoms with Gasteiger partial charge in [0.25, 0.3) is 0 Å². The van der Waals surface area contributed by atoms with Gasteiger partial charge in [-0.3, -0.25) is 4.79 Å². The lowest BCUT2D eigenvalue weighted by atomic mass is 10.0. The molecule has 32 heavy (non-hydrogen) atoms. The van der Waals surface area contributed by atoms with Gasteiger partial charge in [-0.05, 0) is 69.5 Å². The molecule has 1 heterocycles. The number of aliphatic hydroxyl groups is 1. The maximum Gasteiger partial charge on any atom is 0.306 e. The molecule has 0 aliphatic rings.